The molecule has 0 heterocycles. The molecule has 1 aromatic rings. The van der Waals surface area contributed by atoms with E-state index in [1.54, 1.807) is 12.1 Å². The van der Waals surface area contributed by atoms with E-state index in [2.05, 4.69) is 17.0 Å². The third kappa shape index (κ3) is 3.82. The average molecular weight is 285 g/mol. The number of hydrogen-bond acceptors (Lipinski definition) is 3. The van der Waals surface area contributed by atoms with Gasteiger partial charge in [0, 0.05) is 13.1 Å². The number of halogens is 2. The number of ether oxygens (including phenoxy) is 2. The van der Waals surface area contributed by atoms with Crippen LogP contribution in [-0.2, 0) is 6.54 Å². The standard InChI is InChI=1S/C15H21F2NO2/c1-3-15(6-7-15)10-18-9-11-4-5-12(19-2)13(8-11)20-14(16)17/h4-5,8,14,18H,3,6-7,9-10H2,1-2H3. The maximum atomic E-state index is 12.3. The van der Waals surface area contributed by atoms with Crippen LogP contribution < -0.4 is 14.8 Å². The van der Waals surface area contributed by atoms with Crippen LogP contribution >= 0.6 is 0 Å². The Kier molecular flexibility index (Phi) is 4.81. The first-order valence-corrected chi connectivity index (χ1v) is 6.91. The number of nitrogens with one attached hydrogen (secondary N) is 1. The molecule has 1 fully saturated rings. The molecule has 112 valence electrons. The van der Waals surface area contributed by atoms with Crippen molar-refractivity contribution in [3.63, 3.8) is 0 Å². The second-order valence-electron chi connectivity index (χ2n) is 5.32. The number of alkyl halides is 2. The van der Waals surface area contributed by atoms with Gasteiger partial charge in [0.15, 0.2) is 11.5 Å². The molecule has 2 rings (SSSR count). The fourth-order valence-corrected chi connectivity index (χ4v) is 2.32. The van der Waals surface area contributed by atoms with Crippen molar-refractivity contribution in [1.29, 1.82) is 0 Å². The molecule has 20 heavy (non-hydrogen) atoms. The predicted octanol–water partition coefficient (Wildman–Crippen LogP) is 3.58. The molecule has 1 aromatic carbocycles. The van der Waals surface area contributed by atoms with Gasteiger partial charge in [0.2, 0.25) is 0 Å². The van der Waals surface area contributed by atoms with Crippen molar-refractivity contribution in [2.24, 2.45) is 5.41 Å². The first kappa shape index (κ1) is 15.0. The van der Waals surface area contributed by atoms with E-state index in [-0.39, 0.29) is 5.75 Å². The highest BCUT2D eigenvalue weighted by atomic mass is 19.3. The molecule has 0 saturated heterocycles. The zero-order valence-electron chi connectivity index (χ0n) is 11.9. The Morgan fingerprint density at radius 2 is 2.05 bits per heavy atom. The van der Waals surface area contributed by atoms with Crippen molar-refractivity contribution in [2.75, 3.05) is 13.7 Å². The van der Waals surface area contributed by atoms with Crippen LogP contribution in [-0.4, -0.2) is 20.3 Å². The number of hydrogen-bond donors (Lipinski definition) is 1. The molecule has 0 aliphatic heterocycles. The van der Waals surface area contributed by atoms with Gasteiger partial charge in [0.1, 0.15) is 0 Å². The van der Waals surface area contributed by atoms with Crippen LogP contribution in [0.25, 0.3) is 0 Å². The summed E-state index contributed by atoms with van der Waals surface area (Å²) in [6, 6.07) is 5.11. The summed E-state index contributed by atoms with van der Waals surface area (Å²) in [4.78, 5) is 0. The highest BCUT2D eigenvalue weighted by Gasteiger charge is 2.39. The molecule has 0 bridgehead atoms. The molecule has 0 spiro atoms. The normalized spacial score (nSPS) is 16.2. The van der Waals surface area contributed by atoms with Crippen molar-refractivity contribution in [1.82, 2.24) is 5.32 Å². The highest BCUT2D eigenvalue weighted by molar-refractivity contribution is 5.43. The first-order valence-electron chi connectivity index (χ1n) is 6.91. The lowest BCUT2D eigenvalue weighted by Gasteiger charge is -2.15. The van der Waals surface area contributed by atoms with Crippen LogP contribution in [0.2, 0.25) is 0 Å². The summed E-state index contributed by atoms with van der Waals surface area (Å²) in [6.45, 7) is 0.977. The van der Waals surface area contributed by atoms with Crippen molar-refractivity contribution >= 4 is 0 Å². The van der Waals surface area contributed by atoms with Gasteiger partial charge in [-0.3, -0.25) is 0 Å². The third-order valence-corrected chi connectivity index (χ3v) is 3.98. The quantitative estimate of drug-likeness (QED) is 0.792. The molecule has 3 nitrogen and oxygen atoms in total. The van der Waals surface area contributed by atoms with Crippen LogP contribution in [0.5, 0.6) is 11.5 Å². The van der Waals surface area contributed by atoms with Crippen molar-refractivity contribution in [3.8, 4) is 11.5 Å². The zero-order chi connectivity index (χ0) is 14.6. The molecule has 1 saturated carbocycles. The molecule has 5 heteroatoms. The second-order valence-corrected chi connectivity index (χ2v) is 5.32. The molecule has 1 aliphatic carbocycles. The molecule has 0 aromatic heterocycles. The Morgan fingerprint density at radius 3 is 2.60 bits per heavy atom. The monoisotopic (exact) mass is 285 g/mol. The molecule has 0 radical (unpaired) electrons. The lowest BCUT2D eigenvalue weighted by Crippen LogP contribution is -2.23. The number of rotatable bonds is 8. The summed E-state index contributed by atoms with van der Waals surface area (Å²) in [5.74, 6) is 0.402. The average Bonchev–Trinajstić information content (AvgIpc) is 3.19. The molecule has 1 N–H and O–H groups in total. The van der Waals surface area contributed by atoms with Gasteiger partial charge < -0.3 is 14.8 Å². The minimum absolute atomic E-state index is 0.0819. The zero-order valence-corrected chi connectivity index (χ0v) is 11.9. The molecule has 0 unspecified atom stereocenters. The van der Waals surface area contributed by atoms with Crippen LogP contribution in [0, 0.1) is 5.41 Å². The van der Waals surface area contributed by atoms with Gasteiger partial charge in [0.25, 0.3) is 0 Å². The van der Waals surface area contributed by atoms with E-state index < -0.39 is 6.61 Å². The van der Waals surface area contributed by atoms with E-state index in [0.717, 1.165) is 12.1 Å². The highest BCUT2D eigenvalue weighted by Crippen LogP contribution is 2.47. The molecule has 0 atom stereocenters. The van der Waals surface area contributed by atoms with Crippen molar-refractivity contribution < 1.29 is 18.3 Å². The Bertz CT molecular complexity index is 447. The minimum Gasteiger partial charge on any atom is -0.493 e. The second kappa shape index (κ2) is 6.39. The van der Waals surface area contributed by atoms with Crippen LogP contribution in [0.15, 0.2) is 18.2 Å². The maximum Gasteiger partial charge on any atom is 0.387 e. The fourth-order valence-electron chi connectivity index (χ4n) is 2.32. The summed E-state index contributed by atoms with van der Waals surface area (Å²) in [5, 5.41) is 3.39. The van der Waals surface area contributed by atoms with E-state index in [9.17, 15) is 8.78 Å². The number of methoxy groups -OCH3 is 1. The molecule has 1 aliphatic rings. The summed E-state index contributed by atoms with van der Waals surface area (Å²) in [6.07, 6.45) is 3.74. The van der Waals surface area contributed by atoms with Gasteiger partial charge in [0.05, 0.1) is 7.11 Å². The van der Waals surface area contributed by atoms with E-state index in [1.165, 1.54) is 26.4 Å². The minimum atomic E-state index is -2.85. The van der Waals surface area contributed by atoms with Gasteiger partial charge in [-0.2, -0.15) is 8.78 Å². The molecule has 0 amide bonds. The van der Waals surface area contributed by atoms with Gasteiger partial charge in [-0.1, -0.05) is 13.0 Å². The van der Waals surface area contributed by atoms with Crippen LogP contribution in [0.3, 0.4) is 0 Å². The van der Waals surface area contributed by atoms with E-state index in [1.807, 2.05) is 6.07 Å². The summed E-state index contributed by atoms with van der Waals surface area (Å²) < 4.78 is 34.2. The smallest absolute Gasteiger partial charge is 0.387 e. The SMILES string of the molecule is CCC1(CNCc2ccc(OC)c(OC(F)F)c2)CC1. The Hall–Kier alpha value is -1.36. The molecular formula is C15H21F2NO2. The van der Waals surface area contributed by atoms with E-state index in [4.69, 9.17) is 4.74 Å². The topological polar surface area (TPSA) is 30.5 Å². The Balaban J connectivity index is 1.94. The summed E-state index contributed by atoms with van der Waals surface area (Å²) >= 11 is 0. The van der Waals surface area contributed by atoms with Gasteiger partial charge in [-0.25, -0.2) is 0 Å². The van der Waals surface area contributed by atoms with Crippen molar-refractivity contribution in [3.05, 3.63) is 23.8 Å². The lowest BCUT2D eigenvalue weighted by atomic mass is 10.0. The van der Waals surface area contributed by atoms with Crippen LogP contribution in [0.1, 0.15) is 31.7 Å². The van der Waals surface area contributed by atoms with E-state index in [0.29, 0.717) is 17.7 Å². The summed E-state index contributed by atoms with van der Waals surface area (Å²) in [7, 11) is 1.43. The molecular weight excluding hydrogens is 264 g/mol. The van der Waals surface area contributed by atoms with E-state index >= 15 is 0 Å². The maximum absolute atomic E-state index is 12.3. The lowest BCUT2D eigenvalue weighted by molar-refractivity contribution is -0.0512. The first-order chi connectivity index (χ1) is 9.58. The third-order valence-electron chi connectivity index (χ3n) is 3.98. The van der Waals surface area contributed by atoms with Gasteiger partial charge in [-0.15, -0.1) is 0 Å². The van der Waals surface area contributed by atoms with Crippen molar-refractivity contribution in [2.45, 2.75) is 39.3 Å². The fraction of sp³-hybridized carbons (Fsp3) is 0.600. The Labute approximate surface area is 118 Å². The summed E-state index contributed by atoms with van der Waals surface area (Å²) in [5.41, 5.74) is 1.38. The Morgan fingerprint density at radius 1 is 1.30 bits per heavy atom. The largest absolute Gasteiger partial charge is 0.493 e. The predicted molar refractivity (Wildman–Crippen MR) is 73.3 cm³/mol. The van der Waals surface area contributed by atoms with Gasteiger partial charge >= 0.3 is 6.61 Å². The van der Waals surface area contributed by atoms with Gasteiger partial charge in [-0.05, 0) is 42.4 Å². The number of benzene rings is 1. The van der Waals surface area contributed by atoms with Crippen LogP contribution in [0.4, 0.5) is 8.78 Å².